The van der Waals surface area contributed by atoms with Gasteiger partial charge in [0.15, 0.2) is 6.10 Å². The van der Waals surface area contributed by atoms with Crippen LogP contribution in [-0.4, -0.2) is 39.3 Å². The first-order valence-corrected chi connectivity index (χ1v) is 15.6. The normalized spacial score (nSPS) is 12.8. The Morgan fingerprint density at radius 2 is 1.76 bits per heavy atom. The number of nitrogens with one attached hydrogen (secondary N) is 1. The number of carbonyl (C=O) groups is 2. The monoisotopic (exact) mass is 587 g/mol. The quantitative estimate of drug-likeness (QED) is 0.106. The summed E-state index contributed by atoms with van der Waals surface area (Å²) in [5.74, 6) is -2.04. The van der Waals surface area contributed by atoms with E-state index in [2.05, 4.69) is 30.6 Å². The second-order valence-electron chi connectivity index (χ2n) is 10.2. The van der Waals surface area contributed by atoms with E-state index >= 15 is 4.39 Å². The van der Waals surface area contributed by atoms with Crippen LogP contribution in [-0.2, 0) is 35.0 Å². The third kappa shape index (κ3) is 10.2. The smallest absolute Gasteiger partial charge is 0.308 e. The third-order valence-corrected chi connectivity index (χ3v) is 7.15. The van der Waals surface area contributed by atoms with Crippen molar-refractivity contribution in [2.75, 3.05) is 12.9 Å². The molecule has 0 fully saturated rings. The van der Waals surface area contributed by atoms with Crippen molar-refractivity contribution in [2.24, 2.45) is 0 Å². The van der Waals surface area contributed by atoms with E-state index in [1.165, 1.54) is 6.08 Å². The molecule has 0 bridgehead atoms. The van der Waals surface area contributed by atoms with Crippen LogP contribution in [0.4, 0.5) is 4.39 Å². The highest BCUT2D eigenvalue weighted by Crippen LogP contribution is 2.35. The summed E-state index contributed by atoms with van der Waals surface area (Å²) in [6.45, 7) is 14.8. The van der Waals surface area contributed by atoms with Crippen LogP contribution >= 0.6 is 0 Å². The highest BCUT2D eigenvalue weighted by molar-refractivity contribution is 7.86. The lowest BCUT2D eigenvalue weighted by Crippen LogP contribution is -2.40. The summed E-state index contributed by atoms with van der Waals surface area (Å²) >= 11 is 0. The molecule has 2 atom stereocenters. The average molecular weight is 588 g/mol. The van der Waals surface area contributed by atoms with Gasteiger partial charge in [0.1, 0.15) is 5.82 Å². The molecule has 0 aliphatic rings. The van der Waals surface area contributed by atoms with E-state index in [9.17, 15) is 18.0 Å². The number of carbonyl (C=O) groups excluding carboxylic acids is 2. The molecule has 0 aliphatic carbocycles. The molecule has 9 heteroatoms. The predicted molar refractivity (Wildman–Crippen MR) is 160 cm³/mol. The third-order valence-electron chi connectivity index (χ3n) is 6.57. The molecule has 2 aromatic rings. The largest absolute Gasteiger partial charge is 0.466 e. The minimum Gasteiger partial charge on any atom is -0.466 e. The van der Waals surface area contributed by atoms with E-state index in [1.54, 1.807) is 26.0 Å². The molecule has 0 saturated heterocycles. The first-order valence-electron chi connectivity index (χ1n) is 13.8. The minimum atomic E-state index is -3.98. The fourth-order valence-electron chi connectivity index (χ4n) is 4.91. The van der Waals surface area contributed by atoms with Gasteiger partial charge < -0.3 is 10.1 Å². The number of esters is 1. The molecule has 0 saturated carbocycles. The van der Waals surface area contributed by atoms with Gasteiger partial charge in [0.25, 0.3) is 16.0 Å². The Kier molecular flexibility index (Phi) is 12.9. The van der Waals surface area contributed by atoms with Crippen LogP contribution in [0, 0.1) is 26.6 Å². The zero-order valence-electron chi connectivity index (χ0n) is 24.7. The Morgan fingerprint density at radius 3 is 2.37 bits per heavy atom. The van der Waals surface area contributed by atoms with E-state index in [0.29, 0.717) is 5.56 Å². The summed E-state index contributed by atoms with van der Waals surface area (Å²) in [6, 6.07) is 6.48. The molecule has 2 rings (SSSR count). The summed E-state index contributed by atoms with van der Waals surface area (Å²) in [6.07, 6.45) is 5.88. The Labute approximate surface area is 244 Å². The van der Waals surface area contributed by atoms with Gasteiger partial charge in [0.2, 0.25) is 0 Å². The zero-order chi connectivity index (χ0) is 30.7. The van der Waals surface area contributed by atoms with Gasteiger partial charge in [-0.15, -0.1) is 13.2 Å². The van der Waals surface area contributed by atoms with Crippen molar-refractivity contribution >= 4 is 22.0 Å². The molecule has 0 heterocycles. The van der Waals surface area contributed by atoms with Gasteiger partial charge >= 0.3 is 5.97 Å². The number of ether oxygens (including phenoxy) is 1. The van der Waals surface area contributed by atoms with Crippen LogP contribution in [0.5, 0.6) is 0 Å². The van der Waals surface area contributed by atoms with Crippen molar-refractivity contribution in [1.29, 1.82) is 0 Å². The van der Waals surface area contributed by atoms with Gasteiger partial charge in [0.05, 0.1) is 25.3 Å². The number of unbranched alkanes of at least 4 members (excludes halogenated alkanes) is 2. The number of hydrogen-bond acceptors (Lipinski definition) is 6. The number of aryl methyl sites for hydroxylation is 4. The maximum Gasteiger partial charge on any atom is 0.308 e. The van der Waals surface area contributed by atoms with Gasteiger partial charge in [-0.3, -0.25) is 13.8 Å². The Balaban J connectivity index is 2.63. The average Bonchev–Trinajstić information content (AvgIpc) is 2.86. The molecular weight excluding hydrogens is 545 g/mol. The summed E-state index contributed by atoms with van der Waals surface area (Å²) in [5, 5.41) is 2.64. The lowest BCUT2D eigenvalue weighted by atomic mass is 9.87. The van der Waals surface area contributed by atoms with Crippen LogP contribution in [0.1, 0.15) is 72.9 Å². The predicted octanol–water partition coefficient (Wildman–Crippen LogP) is 6.35. The van der Waals surface area contributed by atoms with Crippen molar-refractivity contribution < 1.29 is 31.3 Å². The number of amides is 1. The van der Waals surface area contributed by atoms with Crippen LogP contribution in [0.3, 0.4) is 0 Å². The number of halogens is 1. The molecule has 1 amide bonds. The van der Waals surface area contributed by atoms with Gasteiger partial charge in [-0.2, -0.15) is 8.42 Å². The molecule has 0 radical (unpaired) electrons. The van der Waals surface area contributed by atoms with Crippen molar-refractivity contribution in [1.82, 2.24) is 5.32 Å². The van der Waals surface area contributed by atoms with Crippen molar-refractivity contribution in [3.63, 3.8) is 0 Å². The maximum absolute atomic E-state index is 15.8. The molecule has 1 N–H and O–H groups in total. The number of rotatable bonds is 16. The zero-order valence-corrected chi connectivity index (χ0v) is 25.5. The van der Waals surface area contributed by atoms with Crippen LogP contribution in [0.2, 0.25) is 0 Å². The number of allylic oxidation sites excluding steroid dienone is 1. The molecular formula is C32H42FNO6S. The highest BCUT2D eigenvalue weighted by atomic mass is 32.2. The summed E-state index contributed by atoms with van der Waals surface area (Å²) in [5.41, 5.74) is 5.44. The van der Waals surface area contributed by atoms with Gasteiger partial charge in [0, 0.05) is 12.0 Å². The maximum atomic E-state index is 15.8. The molecule has 224 valence electrons. The topological polar surface area (TPSA) is 98.8 Å². The van der Waals surface area contributed by atoms with Gasteiger partial charge in [-0.1, -0.05) is 29.8 Å². The van der Waals surface area contributed by atoms with Crippen LogP contribution in [0.15, 0.2) is 49.6 Å². The molecule has 2 aromatic carbocycles. The van der Waals surface area contributed by atoms with E-state index < -0.39 is 40.0 Å². The lowest BCUT2D eigenvalue weighted by Gasteiger charge is -2.24. The van der Waals surface area contributed by atoms with Crippen LogP contribution in [0.25, 0.3) is 11.1 Å². The molecule has 0 spiro atoms. The van der Waals surface area contributed by atoms with Gasteiger partial charge in [-0.05, 0) is 93.3 Å². The summed E-state index contributed by atoms with van der Waals surface area (Å²) < 4.78 is 49.3. The molecule has 41 heavy (non-hydrogen) atoms. The van der Waals surface area contributed by atoms with Gasteiger partial charge in [-0.25, -0.2) is 4.39 Å². The van der Waals surface area contributed by atoms with Crippen molar-refractivity contribution in [3.8, 4) is 11.1 Å². The Hall–Kier alpha value is -3.30. The molecule has 0 unspecified atom stereocenters. The number of benzene rings is 2. The first-order chi connectivity index (χ1) is 19.3. The van der Waals surface area contributed by atoms with E-state index in [0.717, 1.165) is 59.8 Å². The second-order valence-corrected chi connectivity index (χ2v) is 11.8. The summed E-state index contributed by atoms with van der Waals surface area (Å²) in [4.78, 5) is 25.7. The lowest BCUT2D eigenvalue weighted by molar-refractivity contribution is -0.144. The Bertz CT molecular complexity index is 1370. The summed E-state index contributed by atoms with van der Waals surface area (Å²) in [7, 11) is -3.98. The number of hydrogen-bond donors (Lipinski definition) is 1. The first kappa shape index (κ1) is 33.9. The molecule has 7 nitrogen and oxygen atoms in total. The van der Waals surface area contributed by atoms with Crippen LogP contribution < -0.4 is 5.32 Å². The van der Waals surface area contributed by atoms with Crippen molar-refractivity contribution in [2.45, 2.75) is 78.4 Å². The van der Waals surface area contributed by atoms with Crippen molar-refractivity contribution in [3.05, 3.63) is 83.2 Å². The van der Waals surface area contributed by atoms with E-state index in [4.69, 9.17) is 8.92 Å². The fourth-order valence-corrected chi connectivity index (χ4v) is 5.50. The minimum absolute atomic E-state index is 0.0932. The van der Waals surface area contributed by atoms with E-state index in [-0.39, 0.29) is 25.0 Å². The van der Waals surface area contributed by atoms with E-state index in [1.807, 2.05) is 19.9 Å². The highest BCUT2D eigenvalue weighted by Gasteiger charge is 2.29. The Morgan fingerprint density at radius 1 is 1.05 bits per heavy atom. The molecule has 0 aliphatic heterocycles. The standard InChI is InChI=1S/C32H42FNO6S/c1-8-11-12-13-15-24-17-21(4)16-22(5)30(24)25-18-23(6)31(33)26(19-25)27(20-29(35)39-10-3)34-32(36)28(14-9-2)40-41(7,37)38/h8-9,16-19,27-28H,1-2,10-15,20H2,3-7H3,(H,34,36)/t27-,28+/m0/s1. The molecule has 0 aromatic heterocycles. The SMILES string of the molecule is C=CCCCCc1cc(C)cc(C)c1-c1cc(C)c(F)c([C@H](CC(=O)OCC)NC(=O)[C@@H](CC=C)OS(C)(=O)=O)c1. The fraction of sp³-hybridized carbons (Fsp3) is 0.438. The second kappa shape index (κ2) is 15.6.